The molecule has 5 heterocycles. The van der Waals surface area contributed by atoms with Gasteiger partial charge in [0, 0.05) is 46.2 Å². The zero-order valence-electron chi connectivity index (χ0n) is 35.7. The molecule has 16 nitrogen and oxygen atoms in total. The number of hydrogen-bond donors (Lipinski definition) is 5. The molecule has 1 fully saturated rings. The minimum Gasteiger partial charge on any atom is -0.485 e. The van der Waals surface area contributed by atoms with E-state index in [4.69, 9.17) is 9.47 Å². The second kappa shape index (κ2) is 19.2. The highest BCUT2D eigenvalue weighted by Crippen LogP contribution is 2.47. The zero-order valence-corrected chi connectivity index (χ0v) is 35.7. The van der Waals surface area contributed by atoms with E-state index in [1.54, 1.807) is 22.2 Å². The second-order valence-corrected chi connectivity index (χ2v) is 15.5. The van der Waals surface area contributed by atoms with Crippen LogP contribution in [0.5, 0.6) is 5.75 Å². The number of fused-ring (bicyclic) bond motifs is 5. The molecule has 2 aliphatic heterocycles. The Hall–Kier alpha value is -6.32. The number of methoxy groups -OCH3 is 2. The number of H-pyrrole nitrogens is 3. The van der Waals surface area contributed by atoms with E-state index >= 15 is 0 Å². The van der Waals surface area contributed by atoms with E-state index in [2.05, 4.69) is 66.3 Å². The topological polar surface area (TPSA) is 200 Å². The molecule has 320 valence electrons. The van der Waals surface area contributed by atoms with Crippen molar-refractivity contribution >= 4 is 34.9 Å². The van der Waals surface area contributed by atoms with Crippen molar-refractivity contribution in [3.8, 4) is 39.5 Å². The Morgan fingerprint density at radius 1 is 0.950 bits per heavy atom. The molecule has 4 amide bonds. The smallest absolute Gasteiger partial charge is 0.407 e. The van der Waals surface area contributed by atoms with Gasteiger partial charge in [-0.1, -0.05) is 53.2 Å². The third-order valence-corrected chi connectivity index (χ3v) is 10.6. The lowest BCUT2D eigenvalue weighted by molar-refractivity contribution is -0.135. The molecule has 1 saturated heterocycles. The van der Waals surface area contributed by atoms with Crippen LogP contribution in [0.3, 0.4) is 0 Å². The van der Waals surface area contributed by atoms with Gasteiger partial charge in [0.05, 0.1) is 56.3 Å². The maximum absolute atomic E-state index is 13.6. The second-order valence-electron chi connectivity index (χ2n) is 15.5. The van der Waals surface area contributed by atoms with Crippen LogP contribution in [0.1, 0.15) is 96.6 Å². The Bertz CT molecular complexity index is 2310. The summed E-state index contributed by atoms with van der Waals surface area (Å²) >= 11 is 0. The number of ether oxygens (including phenoxy) is 3. The fourth-order valence-electron chi connectivity index (χ4n) is 7.79. The van der Waals surface area contributed by atoms with Gasteiger partial charge >= 0.3 is 12.2 Å². The molecule has 16 heteroatoms. The molecule has 2 aromatic carbocycles. The van der Waals surface area contributed by atoms with Gasteiger partial charge in [0.2, 0.25) is 11.8 Å². The summed E-state index contributed by atoms with van der Waals surface area (Å²) in [5, 5.41) is 6.18. The van der Waals surface area contributed by atoms with Crippen LogP contribution < -0.4 is 15.4 Å². The summed E-state index contributed by atoms with van der Waals surface area (Å²) in [7, 11) is 2.54. The van der Waals surface area contributed by atoms with E-state index in [0.29, 0.717) is 24.7 Å². The normalized spacial score (nSPS) is 15.9. The maximum Gasteiger partial charge on any atom is 0.407 e. The average Bonchev–Trinajstić information content (AvgIpc) is 4.07. The minimum absolute atomic E-state index is 0.134. The summed E-state index contributed by atoms with van der Waals surface area (Å²) in [6, 6.07) is 11.4. The number of rotatable bonds is 12. The lowest BCUT2D eigenvalue weighted by Crippen LogP contribution is -2.51. The molecule has 60 heavy (non-hydrogen) atoms. The van der Waals surface area contributed by atoms with Crippen molar-refractivity contribution in [2.75, 3.05) is 33.9 Å². The fourth-order valence-corrected chi connectivity index (χ4v) is 7.79. The van der Waals surface area contributed by atoms with Crippen molar-refractivity contribution in [2.24, 2.45) is 5.92 Å². The molecule has 0 radical (unpaired) electrons. The molecule has 5 N–H and O–H groups in total. The predicted octanol–water partition coefficient (Wildman–Crippen LogP) is 7.62. The minimum atomic E-state index is -0.726. The van der Waals surface area contributed by atoms with Gasteiger partial charge in [0.15, 0.2) is 0 Å². The average molecular weight is 824 g/mol. The Morgan fingerprint density at radius 2 is 1.65 bits per heavy atom. The summed E-state index contributed by atoms with van der Waals surface area (Å²) in [5.74, 6) is 1.55. The summed E-state index contributed by atoms with van der Waals surface area (Å²) in [5.41, 5.74) is 7.43. The molecule has 3 aromatic heterocycles. The lowest BCUT2D eigenvalue weighted by atomic mass is 9.95. The molecule has 5 aromatic rings. The number of amides is 4. The van der Waals surface area contributed by atoms with Crippen LogP contribution >= 0.6 is 0 Å². The third kappa shape index (κ3) is 9.27. The lowest BCUT2D eigenvalue weighted by Gasteiger charge is -2.28. The van der Waals surface area contributed by atoms with Gasteiger partial charge < -0.3 is 49.6 Å². The highest BCUT2D eigenvalue weighted by Gasteiger charge is 2.33. The molecule has 0 bridgehead atoms. The number of carbonyl (C=O) groups excluding carboxylic acids is 4. The first-order chi connectivity index (χ1) is 28.9. The number of nitrogens with zero attached hydrogens (tertiary/aromatic N) is 4. The number of carbonyl (C=O) groups is 4. The van der Waals surface area contributed by atoms with Gasteiger partial charge in [-0.15, -0.1) is 0 Å². The van der Waals surface area contributed by atoms with E-state index in [0.717, 1.165) is 75.3 Å². The van der Waals surface area contributed by atoms with Crippen LogP contribution in [-0.4, -0.2) is 98.6 Å². The van der Waals surface area contributed by atoms with Crippen LogP contribution in [0.25, 0.3) is 44.7 Å². The van der Waals surface area contributed by atoms with E-state index in [1.807, 2.05) is 52.0 Å². The van der Waals surface area contributed by atoms with Crippen molar-refractivity contribution in [3.05, 3.63) is 66.0 Å². The van der Waals surface area contributed by atoms with Crippen LogP contribution in [0, 0.1) is 5.92 Å². The van der Waals surface area contributed by atoms with Gasteiger partial charge in [-0.05, 0) is 56.4 Å². The van der Waals surface area contributed by atoms with Crippen LogP contribution in [0.2, 0.25) is 0 Å². The number of benzene rings is 2. The quantitative estimate of drug-likeness (QED) is 0.0840. The zero-order chi connectivity index (χ0) is 43.1. The third-order valence-electron chi connectivity index (χ3n) is 10.6. The molecular weight excluding hydrogens is 767 g/mol. The first-order valence-corrected chi connectivity index (χ1v) is 20.7. The monoisotopic (exact) mass is 823 g/mol. The van der Waals surface area contributed by atoms with Crippen molar-refractivity contribution in [3.63, 3.8) is 0 Å². The van der Waals surface area contributed by atoms with Crippen LogP contribution in [0.15, 0.2) is 48.8 Å². The van der Waals surface area contributed by atoms with Crippen molar-refractivity contribution in [1.29, 1.82) is 0 Å². The number of aromatic nitrogens is 5. The number of nitrogens with one attached hydrogen (secondary N) is 5. The van der Waals surface area contributed by atoms with Crippen LogP contribution in [-0.2, 0) is 25.6 Å². The molecular formula is C44H57N9O7. The number of imidazole rings is 2. The molecule has 0 spiro atoms. The summed E-state index contributed by atoms with van der Waals surface area (Å²) in [6.07, 6.45) is 5.61. The van der Waals surface area contributed by atoms with Crippen molar-refractivity contribution in [1.82, 2.24) is 45.4 Å². The summed E-state index contributed by atoms with van der Waals surface area (Å²) < 4.78 is 15.9. The highest BCUT2D eigenvalue weighted by molar-refractivity contribution is 5.96. The van der Waals surface area contributed by atoms with Gasteiger partial charge in [-0.25, -0.2) is 19.6 Å². The van der Waals surface area contributed by atoms with Gasteiger partial charge in [0.25, 0.3) is 0 Å². The first kappa shape index (κ1) is 43.3. The Labute approximate surface area is 350 Å². The van der Waals surface area contributed by atoms with E-state index in [1.165, 1.54) is 20.6 Å². The number of hydrogen-bond acceptors (Lipinski definition) is 9. The molecule has 0 aliphatic carbocycles. The maximum atomic E-state index is 13.6. The van der Waals surface area contributed by atoms with Crippen molar-refractivity contribution < 1.29 is 33.4 Å². The van der Waals surface area contributed by atoms with Gasteiger partial charge in [-0.2, -0.15) is 0 Å². The number of likely N-dealkylation sites (tertiary alicyclic amines) is 1. The van der Waals surface area contributed by atoms with E-state index in [9.17, 15) is 19.2 Å². The molecule has 3 atom stereocenters. The molecule has 0 saturated carbocycles. The van der Waals surface area contributed by atoms with E-state index in [-0.39, 0.29) is 43.0 Å². The standard InChI is InChI=1S/C41H49N9O7.C3H8/c1-7-14-49(39(52)36(22(2)3)48-41(54)56-6)21-33-42-18-29(45-33)24-11-13-28-27(16-24)35-23(4)57-32-17-25(10-12-26(32)37(35)46-28)30-19-43-38(47-30)31-9-8-15-50(31)34(51)20-44-40(53)55-5;1-3-2/h10-13,16-19,22-23,31,36,46H,7-9,14-15,20-21H2,1-6H3,(H,42,45)(H,43,47)(H,44,53)(H,48,54);3H2,1-2H3. The van der Waals surface area contributed by atoms with Crippen LogP contribution in [0.4, 0.5) is 9.59 Å². The Morgan fingerprint density at radius 3 is 2.37 bits per heavy atom. The Balaban J connectivity index is 0.00000195. The fraction of sp³-hybridized carbons (Fsp3) is 0.455. The van der Waals surface area contributed by atoms with Crippen molar-refractivity contribution in [2.45, 2.75) is 92.0 Å². The number of alkyl carbamates (subject to hydrolysis) is 2. The molecule has 7 rings (SSSR count). The largest absolute Gasteiger partial charge is 0.485 e. The SMILES string of the molecule is CCC.CCCN(Cc1ncc(-c2ccc3[nH]c4c(c3c2)C(C)Oc2cc(-c3cnc(C5CCCN5C(=O)CNC(=O)OC)[nH]3)ccc2-4)[nH]1)C(=O)C(NC(=O)OC)C(C)C. The highest BCUT2D eigenvalue weighted by atomic mass is 16.5. The number of aromatic amines is 3. The predicted molar refractivity (Wildman–Crippen MR) is 228 cm³/mol. The first-order valence-electron chi connectivity index (χ1n) is 20.7. The molecule has 3 unspecified atom stereocenters. The summed E-state index contributed by atoms with van der Waals surface area (Å²) in [6.45, 7) is 13.3. The molecule has 2 aliphatic rings. The van der Waals surface area contributed by atoms with Gasteiger partial charge in [0.1, 0.15) is 36.1 Å². The van der Waals surface area contributed by atoms with Gasteiger partial charge in [-0.3, -0.25) is 9.59 Å². The summed E-state index contributed by atoms with van der Waals surface area (Å²) in [4.78, 5) is 73.1. The van der Waals surface area contributed by atoms with E-state index < -0.39 is 18.2 Å². The Kier molecular flexibility index (Phi) is 13.8.